The molecule has 0 radical (unpaired) electrons. The minimum Gasteiger partial charge on any atom is -0.480 e. The highest BCUT2D eigenvalue weighted by Gasteiger charge is 2.41. The highest BCUT2D eigenvalue weighted by Crippen LogP contribution is 2.25. The van der Waals surface area contributed by atoms with Gasteiger partial charge in [0, 0.05) is 32.0 Å². The standard InChI is InChI=1S/C12H16N4O3/c1-14-10(17)9-6-8(2-4-15-9)16-5-3-12(13,7-16)11(18)19/h2,4,6H,3,5,7,13H2,1H3,(H,14,17)(H,18,19). The van der Waals surface area contributed by atoms with Crippen molar-refractivity contribution < 1.29 is 14.7 Å². The first-order chi connectivity index (χ1) is 8.96. The number of amides is 1. The van der Waals surface area contributed by atoms with E-state index < -0.39 is 11.5 Å². The number of anilines is 1. The largest absolute Gasteiger partial charge is 0.480 e. The van der Waals surface area contributed by atoms with Crippen LogP contribution in [0.3, 0.4) is 0 Å². The van der Waals surface area contributed by atoms with Crippen LogP contribution in [-0.4, -0.2) is 47.6 Å². The molecular formula is C12H16N4O3. The number of aliphatic carboxylic acids is 1. The van der Waals surface area contributed by atoms with E-state index in [0.717, 1.165) is 5.69 Å². The Bertz CT molecular complexity index is 519. The molecule has 1 aliphatic heterocycles. The molecule has 1 saturated heterocycles. The molecule has 1 unspecified atom stereocenters. The molecule has 1 amide bonds. The number of rotatable bonds is 3. The number of nitrogens with one attached hydrogen (secondary N) is 1. The lowest BCUT2D eigenvalue weighted by atomic mass is 10.0. The Hall–Kier alpha value is -2.15. The van der Waals surface area contributed by atoms with E-state index in [1.807, 2.05) is 4.90 Å². The quantitative estimate of drug-likeness (QED) is 0.675. The van der Waals surface area contributed by atoms with Gasteiger partial charge in [0.25, 0.3) is 5.91 Å². The van der Waals surface area contributed by atoms with Gasteiger partial charge in [0.1, 0.15) is 11.2 Å². The van der Waals surface area contributed by atoms with Crippen molar-refractivity contribution in [3.8, 4) is 0 Å². The van der Waals surface area contributed by atoms with E-state index in [1.54, 1.807) is 12.1 Å². The van der Waals surface area contributed by atoms with Crippen molar-refractivity contribution in [2.45, 2.75) is 12.0 Å². The fourth-order valence-electron chi connectivity index (χ4n) is 2.10. The van der Waals surface area contributed by atoms with Crippen LogP contribution in [0, 0.1) is 0 Å². The topological polar surface area (TPSA) is 109 Å². The fourth-order valence-corrected chi connectivity index (χ4v) is 2.10. The summed E-state index contributed by atoms with van der Waals surface area (Å²) >= 11 is 0. The predicted molar refractivity (Wildman–Crippen MR) is 69.0 cm³/mol. The third-order valence-electron chi connectivity index (χ3n) is 3.30. The molecular weight excluding hydrogens is 248 g/mol. The average molecular weight is 264 g/mol. The third kappa shape index (κ3) is 2.50. The second kappa shape index (κ2) is 4.85. The normalized spacial score (nSPS) is 22.3. The maximum atomic E-state index is 11.5. The molecule has 0 saturated carbocycles. The van der Waals surface area contributed by atoms with Crippen LogP contribution in [0.5, 0.6) is 0 Å². The van der Waals surface area contributed by atoms with Gasteiger partial charge in [-0.2, -0.15) is 0 Å². The van der Waals surface area contributed by atoms with Crippen LogP contribution >= 0.6 is 0 Å². The molecule has 1 aliphatic rings. The summed E-state index contributed by atoms with van der Waals surface area (Å²) in [5.74, 6) is -1.28. The molecule has 0 aliphatic carbocycles. The molecule has 0 spiro atoms. The first-order valence-corrected chi connectivity index (χ1v) is 5.91. The maximum absolute atomic E-state index is 11.5. The van der Waals surface area contributed by atoms with Crippen molar-refractivity contribution in [1.82, 2.24) is 10.3 Å². The van der Waals surface area contributed by atoms with Gasteiger partial charge in [-0.15, -0.1) is 0 Å². The van der Waals surface area contributed by atoms with Crippen LogP contribution in [0.25, 0.3) is 0 Å². The van der Waals surface area contributed by atoms with Crippen LogP contribution in [0.15, 0.2) is 18.3 Å². The lowest BCUT2D eigenvalue weighted by molar-refractivity contribution is -0.142. The zero-order valence-electron chi connectivity index (χ0n) is 10.6. The summed E-state index contributed by atoms with van der Waals surface area (Å²) in [5, 5.41) is 11.6. The van der Waals surface area contributed by atoms with Gasteiger partial charge in [0.05, 0.1) is 0 Å². The number of aromatic nitrogens is 1. The molecule has 2 rings (SSSR count). The molecule has 1 aromatic heterocycles. The second-order valence-corrected chi connectivity index (χ2v) is 4.61. The number of carboxylic acid groups (broad SMARTS) is 1. The Kier molecular flexibility index (Phi) is 3.39. The molecule has 2 heterocycles. The minimum absolute atomic E-state index is 0.222. The fraction of sp³-hybridized carbons (Fsp3) is 0.417. The predicted octanol–water partition coefficient (Wildman–Crippen LogP) is -0.567. The number of hydrogen-bond donors (Lipinski definition) is 3. The van der Waals surface area contributed by atoms with Gasteiger partial charge in [-0.25, -0.2) is 0 Å². The zero-order chi connectivity index (χ0) is 14.0. The Balaban J connectivity index is 2.20. The lowest BCUT2D eigenvalue weighted by Crippen LogP contribution is -2.50. The highest BCUT2D eigenvalue weighted by atomic mass is 16.4. The Morgan fingerprint density at radius 2 is 2.32 bits per heavy atom. The lowest BCUT2D eigenvalue weighted by Gasteiger charge is -2.21. The van der Waals surface area contributed by atoms with Crippen molar-refractivity contribution in [1.29, 1.82) is 0 Å². The number of nitrogens with zero attached hydrogens (tertiary/aromatic N) is 2. The van der Waals surface area contributed by atoms with Crippen LogP contribution in [0.4, 0.5) is 5.69 Å². The zero-order valence-corrected chi connectivity index (χ0v) is 10.6. The molecule has 102 valence electrons. The minimum atomic E-state index is -1.23. The first kappa shape index (κ1) is 13.3. The summed E-state index contributed by atoms with van der Waals surface area (Å²) in [5.41, 5.74) is 5.64. The molecule has 1 atom stereocenters. The van der Waals surface area contributed by atoms with Crippen molar-refractivity contribution in [2.24, 2.45) is 5.73 Å². The van der Waals surface area contributed by atoms with E-state index in [4.69, 9.17) is 10.8 Å². The Morgan fingerprint density at radius 1 is 1.58 bits per heavy atom. The van der Waals surface area contributed by atoms with E-state index >= 15 is 0 Å². The molecule has 1 fully saturated rings. The van der Waals surface area contributed by atoms with E-state index in [-0.39, 0.29) is 12.5 Å². The molecule has 0 bridgehead atoms. The summed E-state index contributed by atoms with van der Waals surface area (Å²) in [7, 11) is 1.53. The summed E-state index contributed by atoms with van der Waals surface area (Å²) in [6.45, 7) is 0.763. The van der Waals surface area contributed by atoms with Crippen molar-refractivity contribution >= 4 is 17.6 Å². The third-order valence-corrected chi connectivity index (χ3v) is 3.30. The van der Waals surface area contributed by atoms with E-state index in [1.165, 1.54) is 13.2 Å². The van der Waals surface area contributed by atoms with Gasteiger partial charge in [0.15, 0.2) is 0 Å². The van der Waals surface area contributed by atoms with Crippen molar-refractivity contribution in [3.63, 3.8) is 0 Å². The van der Waals surface area contributed by atoms with Crippen molar-refractivity contribution in [3.05, 3.63) is 24.0 Å². The number of nitrogens with two attached hydrogens (primary N) is 1. The smallest absolute Gasteiger partial charge is 0.325 e. The number of pyridine rings is 1. The summed E-state index contributed by atoms with van der Waals surface area (Å²) in [6, 6.07) is 3.37. The number of carbonyl (C=O) groups is 2. The van der Waals surface area contributed by atoms with Gasteiger partial charge >= 0.3 is 5.97 Å². The van der Waals surface area contributed by atoms with Crippen LogP contribution in [0.2, 0.25) is 0 Å². The molecule has 19 heavy (non-hydrogen) atoms. The maximum Gasteiger partial charge on any atom is 0.325 e. The van der Waals surface area contributed by atoms with Crippen LogP contribution < -0.4 is 16.0 Å². The number of hydrogen-bond acceptors (Lipinski definition) is 5. The highest BCUT2D eigenvalue weighted by molar-refractivity contribution is 5.93. The van der Waals surface area contributed by atoms with E-state index in [9.17, 15) is 9.59 Å². The van der Waals surface area contributed by atoms with E-state index in [2.05, 4.69) is 10.3 Å². The Labute approximate surface area is 110 Å². The molecule has 4 N–H and O–H groups in total. The van der Waals surface area contributed by atoms with Crippen LogP contribution in [-0.2, 0) is 4.79 Å². The first-order valence-electron chi connectivity index (χ1n) is 5.91. The van der Waals surface area contributed by atoms with E-state index in [0.29, 0.717) is 18.7 Å². The van der Waals surface area contributed by atoms with Gasteiger partial charge < -0.3 is 21.1 Å². The molecule has 0 aromatic carbocycles. The molecule has 7 nitrogen and oxygen atoms in total. The monoisotopic (exact) mass is 264 g/mol. The summed E-state index contributed by atoms with van der Waals surface area (Å²) in [4.78, 5) is 28.4. The number of carboxylic acids is 1. The van der Waals surface area contributed by atoms with Gasteiger partial charge in [-0.1, -0.05) is 0 Å². The SMILES string of the molecule is CNC(=O)c1cc(N2CCC(N)(C(=O)O)C2)ccn1. The van der Waals surface area contributed by atoms with Gasteiger partial charge in [-0.3, -0.25) is 14.6 Å². The van der Waals surface area contributed by atoms with Crippen LogP contribution in [0.1, 0.15) is 16.9 Å². The molecule has 7 heteroatoms. The second-order valence-electron chi connectivity index (χ2n) is 4.61. The summed E-state index contributed by atoms with van der Waals surface area (Å²) in [6.07, 6.45) is 1.90. The van der Waals surface area contributed by atoms with Gasteiger partial charge in [0.2, 0.25) is 0 Å². The molecule has 1 aromatic rings. The average Bonchev–Trinajstić information content (AvgIpc) is 2.82. The van der Waals surface area contributed by atoms with Crippen molar-refractivity contribution in [2.75, 3.05) is 25.0 Å². The summed E-state index contributed by atoms with van der Waals surface area (Å²) < 4.78 is 0. The van der Waals surface area contributed by atoms with Gasteiger partial charge in [-0.05, 0) is 18.6 Å². The number of carbonyl (C=O) groups excluding carboxylic acids is 1. The Morgan fingerprint density at radius 3 is 2.89 bits per heavy atom.